The van der Waals surface area contributed by atoms with Crippen LogP contribution in [0.4, 0.5) is 0 Å². The monoisotopic (exact) mass is 197 g/mol. The van der Waals surface area contributed by atoms with Crippen molar-refractivity contribution < 1.29 is 9.59 Å². The Bertz CT molecular complexity index is 201. The van der Waals surface area contributed by atoms with Gasteiger partial charge >= 0.3 is 0 Å². The van der Waals surface area contributed by atoms with Crippen LogP contribution in [0.3, 0.4) is 0 Å². The molecule has 1 heterocycles. The number of rotatable bonds is 4. The number of piperidine rings is 1. The van der Waals surface area contributed by atoms with Gasteiger partial charge in [0, 0.05) is 12.3 Å². The lowest BCUT2D eigenvalue weighted by molar-refractivity contribution is -0.137. The summed E-state index contributed by atoms with van der Waals surface area (Å²) in [5, 5.41) is 2.81. The summed E-state index contributed by atoms with van der Waals surface area (Å²) >= 11 is 0. The fourth-order valence-corrected chi connectivity index (χ4v) is 1.95. The summed E-state index contributed by atoms with van der Waals surface area (Å²) in [7, 11) is 0. The first kappa shape index (κ1) is 11.2. The highest BCUT2D eigenvalue weighted by Crippen LogP contribution is 2.19. The van der Waals surface area contributed by atoms with E-state index in [9.17, 15) is 9.59 Å². The molecule has 3 nitrogen and oxygen atoms in total. The molecule has 0 aliphatic carbocycles. The van der Waals surface area contributed by atoms with Crippen molar-refractivity contribution in [3.8, 4) is 0 Å². The maximum atomic E-state index is 11.6. The van der Waals surface area contributed by atoms with E-state index in [0.717, 1.165) is 25.7 Å². The van der Waals surface area contributed by atoms with Crippen LogP contribution in [-0.4, -0.2) is 17.7 Å². The summed E-state index contributed by atoms with van der Waals surface area (Å²) in [6.45, 7) is 4.06. The Labute approximate surface area is 85.3 Å². The van der Waals surface area contributed by atoms with Gasteiger partial charge in [0.1, 0.15) is 0 Å². The van der Waals surface area contributed by atoms with E-state index >= 15 is 0 Å². The molecule has 1 N–H and O–H groups in total. The standard InChI is InChI=1S/C11H19NO2/c1-3-5-8-7-10(13)9(6-4-2)12-11(8)14/h8-9H,3-7H2,1-2H3,(H,12,14). The molecule has 2 atom stereocenters. The van der Waals surface area contributed by atoms with Crippen LogP contribution in [0.5, 0.6) is 0 Å². The highest BCUT2D eigenvalue weighted by atomic mass is 16.2. The maximum Gasteiger partial charge on any atom is 0.224 e. The molecule has 1 fully saturated rings. The molecular formula is C11H19NO2. The molecule has 0 spiro atoms. The average molecular weight is 197 g/mol. The topological polar surface area (TPSA) is 46.2 Å². The van der Waals surface area contributed by atoms with Crippen LogP contribution in [0.1, 0.15) is 46.0 Å². The number of carbonyl (C=O) groups is 2. The summed E-state index contributed by atoms with van der Waals surface area (Å²) in [6, 6.07) is -0.208. The minimum atomic E-state index is -0.208. The zero-order valence-corrected chi connectivity index (χ0v) is 9.01. The Hall–Kier alpha value is -0.860. The molecule has 14 heavy (non-hydrogen) atoms. The van der Waals surface area contributed by atoms with Crippen LogP contribution in [0.25, 0.3) is 0 Å². The summed E-state index contributed by atoms with van der Waals surface area (Å²) in [5.74, 6) is 0.218. The third-order valence-corrected chi connectivity index (χ3v) is 2.74. The third-order valence-electron chi connectivity index (χ3n) is 2.74. The Morgan fingerprint density at radius 1 is 1.21 bits per heavy atom. The molecule has 1 rings (SSSR count). The molecule has 1 saturated heterocycles. The fraction of sp³-hybridized carbons (Fsp3) is 0.818. The first-order chi connectivity index (χ1) is 6.69. The van der Waals surface area contributed by atoms with Crippen molar-refractivity contribution in [2.75, 3.05) is 0 Å². The zero-order chi connectivity index (χ0) is 10.6. The van der Waals surface area contributed by atoms with Crippen molar-refractivity contribution in [3.63, 3.8) is 0 Å². The largest absolute Gasteiger partial charge is 0.346 e. The fourth-order valence-electron chi connectivity index (χ4n) is 1.95. The number of nitrogens with one attached hydrogen (secondary N) is 1. The Kier molecular flexibility index (Phi) is 4.11. The van der Waals surface area contributed by atoms with E-state index in [0.29, 0.717) is 6.42 Å². The molecule has 0 saturated carbocycles. The van der Waals surface area contributed by atoms with Gasteiger partial charge in [-0.25, -0.2) is 0 Å². The molecule has 1 amide bonds. The van der Waals surface area contributed by atoms with Crippen LogP contribution in [0.15, 0.2) is 0 Å². The quantitative estimate of drug-likeness (QED) is 0.745. The van der Waals surface area contributed by atoms with Gasteiger partial charge in [-0.15, -0.1) is 0 Å². The zero-order valence-electron chi connectivity index (χ0n) is 9.01. The molecule has 0 aromatic rings. The normalized spacial score (nSPS) is 27.6. The van der Waals surface area contributed by atoms with E-state index in [1.165, 1.54) is 0 Å². The lowest BCUT2D eigenvalue weighted by Gasteiger charge is -2.27. The van der Waals surface area contributed by atoms with Crippen molar-refractivity contribution in [3.05, 3.63) is 0 Å². The van der Waals surface area contributed by atoms with Crippen molar-refractivity contribution >= 4 is 11.7 Å². The van der Waals surface area contributed by atoms with Gasteiger partial charge in [-0.1, -0.05) is 26.7 Å². The number of hydrogen-bond acceptors (Lipinski definition) is 2. The molecule has 0 aromatic carbocycles. The average Bonchev–Trinajstić information content (AvgIpc) is 2.14. The first-order valence-corrected chi connectivity index (χ1v) is 5.52. The number of carbonyl (C=O) groups excluding carboxylic acids is 2. The highest BCUT2D eigenvalue weighted by Gasteiger charge is 2.32. The van der Waals surface area contributed by atoms with Gasteiger partial charge in [0.25, 0.3) is 0 Å². The van der Waals surface area contributed by atoms with Gasteiger partial charge in [0.15, 0.2) is 5.78 Å². The second-order valence-corrected chi connectivity index (χ2v) is 4.01. The molecule has 80 valence electrons. The summed E-state index contributed by atoms with van der Waals surface area (Å²) < 4.78 is 0. The molecule has 0 radical (unpaired) electrons. The first-order valence-electron chi connectivity index (χ1n) is 5.52. The van der Waals surface area contributed by atoms with Gasteiger partial charge in [-0.3, -0.25) is 9.59 Å². The Morgan fingerprint density at radius 3 is 2.43 bits per heavy atom. The van der Waals surface area contributed by atoms with E-state index < -0.39 is 0 Å². The smallest absolute Gasteiger partial charge is 0.224 e. The second kappa shape index (κ2) is 5.13. The SMILES string of the molecule is CCCC1CC(=O)C(CCC)NC1=O. The predicted octanol–water partition coefficient (Wildman–Crippen LogP) is 1.66. The van der Waals surface area contributed by atoms with Gasteiger partial charge < -0.3 is 5.32 Å². The number of ketones is 1. The molecule has 1 aliphatic rings. The van der Waals surface area contributed by atoms with Crippen molar-refractivity contribution in [1.29, 1.82) is 0 Å². The van der Waals surface area contributed by atoms with Crippen LogP contribution in [-0.2, 0) is 9.59 Å². The maximum absolute atomic E-state index is 11.6. The molecule has 2 unspecified atom stereocenters. The lowest BCUT2D eigenvalue weighted by Crippen LogP contribution is -2.49. The number of Topliss-reactive ketones (excluding diaryl/α,β-unsaturated/α-hetero) is 1. The third kappa shape index (κ3) is 2.56. The Morgan fingerprint density at radius 2 is 1.86 bits per heavy atom. The predicted molar refractivity (Wildman–Crippen MR) is 54.9 cm³/mol. The summed E-state index contributed by atoms with van der Waals surface area (Å²) in [6.07, 6.45) is 3.96. The van der Waals surface area contributed by atoms with E-state index in [1.54, 1.807) is 0 Å². The molecule has 3 heteroatoms. The van der Waals surface area contributed by atoms with Gasteiger partial charge in [-0.05, 0) is 12.8 Å². The van der Waals surface area contributed by atoms with E-state index in [-0.39, 0.29) is 23.7 Å². The van der Waals surface area contributed by atoms with E-state index in [1.807, 2.05) is 13.8 Å². The molecule has 0 bridgehead atoms. The second-order valence-electron chi connectivity index (χ2n) is 4.01. The van der Waals surface area contributed by atoms with Gasteiger partial charge in [-0.2, -0.15) is 0 Å². The lowest BCUT2D eigenvalue weighted by atomic mass is 9.88. The van der Waals surface area contributed by atoms with Crippen LogP contribution in [0, 0.1) is 5.92 Å². The van der Waals surface area contributed by atoms with Crippen LogP contribution < -0.4 is 5.32 Å². The minimum absolute atomic E-state index is 0.0689. The minimum Gasteiger partial charge on any atom is -0.346 e. The van der Waals surface area contributed by atoms with Crippen molar-refractivity contribution in [2.45, 2.75) is 52.0 Å². The number of amides is 1. The number of hydrogen-bond donors (Lipinski definition) is 1. The van der Waals surface area contributed by atoms with E-state index in [2.05, 4.69) is 5.32 Å². The highest BCUT2D eigenvalue weighted by molar-refractivity contribution is 5.96. The van der Waals surface area contributed by atoms with Gasteiger partial charge in [0.2, 0.25) is 5.91 Å². The molecule has 0 aromatic heterocycles. The molecule has 1 aliphatic heterocycles. The Balaban J connectivity index is 2.53. The van der Waals surface area contributed by atoms with Crippen LogP contribution >= 0.6 is 0 Å². The summed E-state index contributed by atoms with van der Waals surface area (Å²) in [5.41, 5.74) is 0. The van der Waals surface area contributed by atoms with Crippen LogP contribution in [0.2, 0.25) is 0 Å². The molecular weight excluding hydrogens is 178 g/mol. The van der Waals surface area contributed by atoms with Gasteiger partial charge in [0.05, 0.1) is 6.04 Å². The van der Waals surface area contributed by atoms with Crippen molar-refractivity contribution in [2.24, 2.45) is 5.92 Å². The van der Waals surface area contributed by atoms with Crippen molar-refractivity contribution in [1.82, 2.24) is 5.32 Å². The summed E-state index contributed by atoms with van der Waals surface area (Å²) in [4.78, 5) is 23.2. The van der Waals surface area contributed by atoms with E-state index in [4.69, 9.17) is 0 Å².